The van der Waals surface area contributed by atoms with Crippen LogP contribution in [-0.4, -0.2) is 21.5 Å². The van der Waals surface area contributed by atoms with Gasteiger partial charge in [0.2, 0.25) is 5.78 Å². The summed E-state index contributed by atoms with van der Waals surface area (Å²) in [6.45, 7) is 7.51. The lowest BCUT2D eigenvalue weighted by Gasteiger charge is -2.17. The highest BCUT2D eigenvalue weighted by molar-refractivity contribution is 6.05. The molecule has 0 aliphatic carbocycles. The first kappa shape index (κ1) is 12.5. The SMILES string of the molecule is CC(=O)CC(=O)c1ncc(C(C)(C)C)cn1. The topological polar surface area (TPSA) is 59.9 Å². The van der Waals surface area contributed by atoms with Gasteiger partial charge in [-0.25, -0.2) is 9.97 Å². The highest BCUT2D eigenvalue weighted by Gasteiger charge is 2.16. The molecule has 0 saturated carbocycles. The molecule has 1 aromatic heterocycles. The van der Waals surface area contributed by atoms with E-state index in [0.29, 0.717) is 0 Å². The molecule has 0 atom stereocenters. The molecule has 0 aliphatic rings. The van der Waals surface area contributed by atoms with Crippen molar-refractivity contribution in [2.75, 3.05) is 0 Å². The first-order chi connectivity index (χ1) is 7.30. The van der Waals surface area contributed by atoms with Gasteiger partial charge in [0.25, 0.3) is 0 Å². The van der Waals surface area contributed by atoms with Gasteiger partial charge in [-0.2, -0.15) is 0 Å². The van der Waals surface area contributed by atoms with Crippen molar-refractivity contribution in [3.8, 4) is 0 Å². The van der Waals surface area contributed by atoms with E-state index in [1.54, 1.807) is 12.4 Å². The van der Waals surface area contributed by atoms with Gasteiger partial charge in [0.1, 0.15) is 5.78 Å². The summed E-state index contributed by atoms with van der Waals surface area (Å²) >= 11 is 0. The van der Waals surface area contributed by atoms with Crippen LogP contribution in [-0.2, 0) is 10.2 Å². The summed E-state index contributed by atoms with van der Waals surface area (Å²) in [7, 11) is 0. The lowest BCUT2D eigenvalue weighted by Crippen LogP contribution is -2.15. The van der Waals surface area contributed by atoms with Gasteiger partial charge in [-0.05, 0) is 17.9 Å². The second-order valence-corrected chi connectivity index (χ2v) is 4.85. The van der Waals surface area contributed by atoms with Gasteiger partial charge >= 0.3 is 0 Å². The molecule has 0 aliphatic heterocycles. The molecule has 0 saturated heterocycles. The van der Waals surface area contributed by atoms with Gasteiger partial charge in [0.15, 0.2) is 5.82 Å². The molecule has 1 aromatic rings. The van der Waals surface area contributed by atoms with Crippen molar-refractivity contribution < 1.29 is 9.59 Å². The zero-order chi connectivity index (χ0) is 12.3. The van der Waals surface area contributed by atoms with E-state index in [1.165, 1.54) is 6.92 Å². The standard InChI is InChI=1S/C12H16N2O2/c1-8(15)5-10(16)11-13-6-9(7-14-11)12(2,3)4/h6-7H,5H2,1-4H3. The van der Waals surface area contributed by atoms with Crippen molar-refractivity contribution in [1.82, 2.24) is 9.97 Å². The molecular formula is C12H16N2O2. The minimum atomic E-state index is -0.326. The Hall–Kier alpha value is -1.58. The van der Waals surface area contributed by atoms with Gasteiger partial charge in [-0.3, -0.25) is 9.59 Å². The third kappa shape index (κ3) is 3.22. The lowest BCUT2D eigenvalue weighted by atomic mass is 9.89. The van der Waals surface area contributed by atoms with Crippen LogP contribution >= 0.6 is 0 Å². The molecule has 4 heteroatoms. The summed E-state index contributed by atoms with van der Waals surface area (Å²) in [5.74, 6) is -0.385. The summed E-state index contributed by atoms with van der Waals surface area (Å²) in [5, 5.41) is 0. The number of rotatable bonds is 3. The second-order valence-electron chi connectivity index (χ2n) is 4.85. The van der Waals surface area contributed by atoms with Crippen molar-refractivity contribution in [1.29, 1.82) is 0 Å². The summed E-state index contributed by atoms with van der Waals surface area (Å²) in [6, 6.07) is 0. The predicted molar refractivity (Wildman–Crippen MR) is 60.4 cm³/mol. The van der Waals surface area contributed by atoms with Gasteiger partial charge in [0.05, 0.1) is 6.42 Å². The molecule has 4 nitrogen and oxygen atoms in total. The normalized spacial score (nSPS) is 11.2. The Morgan fingerprint density at radius 2 is 1.69 bits per heavy atom. The van der Waals surface area contributed by atoms with Crippen LogP contribution in [0.15, 0.2) is 12.4 Å². The minimum absolute atomic E-state index is 0.0395. The van der Waals surface area contributed by atoms with Gasteiger partial charge in [-0.1, -0.05) is 20.8 Å². The Balaban J connectivity index is 2.87. The Morgan fingerprint density at radius 1 is 1.19 bits per heavy atom. The van der Waals surface area contributed by atoms with Crippen LogP contribution in [0.5, 0.6) is 0 Å². The van der Waals surface area contributed by atoms with Crippen LogP contribution in [0.2, 0.25) is 0 Å². The Labute approximate surface area is 95.1 Å². The van der Waals surface area contributed by atoms with Crippen LogP contribution in [0.4, 0.5) is 0 Å². The first-order valence-corrected chi connectivity index (χ1v) is 5.16. The molecule has 0 fully saturated rings. The molecule has 0 amide bonds. The molecule has 0 spiro atoms. The number of ketones is 2. The van der Waals surface area contributed by atoms with E-state index in [1.807, 2.05) is 20.8 Å². The first-order valence-electron chi connectivity index (χ1n) is 5.16. The van der Waals surface area contributed by atoms with E-state index in [4.69, 9.17) is 0 Å². The number of nitrogens with zero attached hydrogens (tertiary/aromatic N) is 2. The minimum Gasteiger partial charge on any atom is -0.300 e. The fourth-order valence-corrected chi connectivity index (χ4v) is 1.16. The zero-order valence-electron chi connectivity index (χ0n) is 10.1. The number of hydrogen-bond donors (Lipinski definition) is 0. The molecule has 0 unspecified atom stereocenters. The Morgan fingerprint density at radius 3 is 2.06 bits per heavy atom. The van der Waals surface area contributed by atoms with E-state index >= 15 is 0 Å². The third-order valence-electron chi connectivity index (χ3n) is 2.18. The summed E-state index contributed by atoms with van der Waals surface area (Å²) in [6.07, 6.45) is 3.15. The highest BCUT2D eigenvalue weighted by atomic mass is 16.1. The van der Waals surface area contributed by atoms with Crippen molar-refractivity contribution in [2.24, 2.45) is 0 Å². The number of carbonyl (C=O) groups excluding carboxylic acids is 2. The van der Waals surface area contributed by atoms with E-state index in [-0.39, 0.29) is 29.2 Å². The van der Waals surface area contributed by atoms with Gasteiger partial charge in [-0.15, -0.1) is 0 Å². The number of hydrogen-bond acceptors (Lipinski definition) is 4. The highest BCUT2D eigenvalue weighted by Crippen LogP contribution is 2.20. The fraction of sp³-hybridized carbons (Fsp3) is 0.500. The summed E-state index contributed by atoms with van der Waals surface area (Å²) in [5.41, 5.74) is 0.925. The predicted octanol–water partition coefficient (Wildman–Crippen LogP) is 1.94. The molecule has 86 valence electrons. The molecule has 0 N–H and O–H groups in total. The fourth-order valence-electron chi connectivity index (χ4n) is 1.16. The van der Waals surface area contributed by atoms with Crippen LogP contribution in [0.1, 0.15) is 50.3 Å². The summed E-state index contributed by atoms with van der Waals surface area (Å²) < 4.78 is 0. The number of aromatic nitrogens is 2. The van der Waals surface area contributed by atoms with Crippen LogP contribution < -0.4 is 0 Å². The van der Waals surface area contributed by atoms with Crippen LogP contribution in [0.3, 0.4) is 0 Å². The molecule has 0 aromatic carbocycles. The maximum Gasteiger partial charge on any atom is 0.207 e. The van der Waals surface area contributed by atoms with Gasteiger partial charge in [0, 0.05) is 12.4 Å². The van der Waals surface area contributed by atoms with E-state index in [0.717, 1.165) is 5.56 Å². The largest absolute Gasteiger partial charge is 0.300 e. The maximum atomic E-state index is 11.5. The van der Waals surface area contributed by atoms with Crippen molar-refractivity contribution in [3.05, 3.63) is 23.8 Å². The average molecular weight is 220 g/mol. The molecular weight excluding hydrogens is 204 g/mol. The quantitative estimate of drug-likeness (QED) is 0.577. The Bertz CT molecular complexity index is 402. The van der Waals surface area contributed by atoms with Crippen molar-refractivity contribution >= 4 is 11.6 Å². The number of carbonyl (C=O) groups is 2. The second kappa shape index (κ2) is 4.51. The molecule has 0 radical (unpaired) electrons. The average Bonchev–Trinajstić information content (AvgIpc) is 2.15. The molecule has 16 heavy (non-hydrogen) atoms. The number of Topliss-reactive ketones (excluding diaryl/α,β-unsaturated/α-hetero) is 2. The lowest BCUT2D eigenvalue weighted by molar-refractivity contribution is -0.116. The van der Waals surface area contributed by atoms with Gasteiger partial charge < -0.3 is 0 Å². The Kier molecular flexibility index (Phi) is 3.52. The molecule has 0 bridgehead atoms. The molecule has 1 heterocycles. The smallest absolute Gasteiger partial charge is 0.207 e. The monoisotopic (exact) mass is 220 g/mol. The summed E-state index contributed by atoms with van der Waals surface area (Å²) in [4.78, 5) is 30.2. The zero-order valence-corrected chi connectivity index (χ0v) is 10.1. The van der Waals surface area contributed by atoms with Crippen LogP contribution in [0.25, 0.3) is 0 Å². The van der Waals surface area contributed by atoms with Crippen molar-refractivity contribution in [3.63, 3.8) is 0 Å². The van der Waals surface area contributed by atoms with E-state index < -0.39 is 0 Å². The third-order valence-corrected chi connectivity index (χ3v) is 2.18. The molecule has 1 rings (SSSR count). The van der Waals surface area contributed by atoms with Crippen LogP contribution in [0, 0.1) is 0 Å². The van der Waals surface area contributed by atoms with E-state index in [9.17, 15) is 9.59 Å². The maximum absolute atomic E-state index is 11.5. The van der Waals surface area contributed by atoms with Crippen molar-refractivity contribution in [2.45, 2.75) is 39.5 Å². The van der Waals surface area contributed by atoms with E-state index in [2.05, 4.69) is 9.97 Å².